The lowest BCUT2D eigenvalue weighted by Gasteiger charge is -2.36. The second-order valence-corrected chi connectivity index (χ2v) is 7.37. The summed E-state index contributed by atoms with van der Waals surface area (Å²) in [6.07, 6.45) is -2.26. The van der Waals surface area contributed by atoms with Crippen LogP contribution in [0.2, 0.25) is 0 Å². The van der Waals surface area contributed by atoms with Crippen LogP contribution in [0.1, 0.15) is 18.4 Å². The fourth-order valence-corrected chi connectivity index (χ4v) is 3.70. The molecule has 0 unspecified atom stereocenters. The van der Waals surface area contributed by atoms with Crippen LogP contribution < -0.4 is 4.90 Å². The number of aromatic nitrogens is 3. The molecule has 0 N–H and O–H groups in total. The van der Waals surface area contributed by atoms with Crippen LogP contribution in [0.25, 0.3) is 11.0 Å². The number of aryl methyl sites for hydroxylation is 1. The Labute approximate surface area is 167 Å². The number of benzene rings is 2. The molecule has 4 rings (SSSR count). The van der Waals surface area contributed by atoms with Crippen molar-refractivity contribution < 1.29 is 13.2 Å². The number of alkyl halides is 3. The van der Waals surface area contributed by atoms with Gasteiger partial charge < -0.3 is 4.90 Å². The Bertz CT molecular complexity index is 912. The van der Waals surface area contributed by atoms with Crippen molar-refractivity contribution in [2.45, 2.75) is 25.6 Å². The predicted molar refractivity (Wildman–Crippen MR) is 107 cm³/mol. The first-order valence-electron chi connectivity index (χ1n) is 9.93. The number of hydrogen-bond acceptors (Lipinski definition) is 4. The summed E-state index contributed by atoms with van der Waals surface area (Å²) in [5.74, 6) is 0. The Kier molecular flexibility index (Phi) is 5.71. The molecule has 1 aromatic heterocycles. The second-order valence-electron chi connectivity index (χ2n) is 7.37. The minimum atomic E-state index is -4.30. The minimum absolute atomic E-state index is 0.586. The monoisotopic (exact) mass is 403 g/mol. The third kappa shape index (κ3) is 4.87. The average molecular weight is 403 g/mol. The highest BCUT2D eigenvalue weighted by Gasteiger charge is 2.31. The van der Waals surface area contributed by atoms with Gasteiger partial charge in [-0.05, 0) is 49.7 Å². The number of fused-ring (bicyclic) bond motifs is 1. The van der Waals surface area contributed by atoms with Crippen LogP contribution in [0.5, 0.6) is 0 Å². The summed E-state index contributed by atoms with van der Waals surface area (Å²) in [6, 6.07) is 13.4. The highest BCUT2D eigenvalue weighted by molar-refractivity contribution is 5.72. The molecule has 5 nitrogen and oxygen atoms in total. The zero-order chi connectivity index (χ0) is 20.3. The topological polar surface area (TPSA) is 37.2 Å². The molecule has 3 aromatic rings. The molecule has 29 heavy (non-hydrogen) atoms. The lowest BCUT2D eigenvalue weighted by atomic mass is 10.1. The van der Waals surface area contributed by atoms with E-state index in [-0.39, 0.29) is 0 Å². The maximum Gasteiger partial charge on any atom is 0.416 e. The highest BCUT2D eigenvalue weighted by Crippen LogP contribution is 2.31. The zero-order valence-electron chi connectivity index (χ0n) is 16.1. The van der Waals surface area contributed by atoms with E-state index >= 15 is 0 Å². The first kappa shape index (κ1) is 19.7. The van der Waals surface area contributed by atoms with E-state index in [1.807, 2.05) is 29.2 Å². The third-order valence-electron chi connectivity index (χ3n) is 5.32. The predicted octanol–water partition coefficient (Wildman–Crippen LogP) is 4.05. The summed E-state index contributed by atoms with van der Waals surface area (Å²) in [5, 5.41) is 8.94. The van der Waals surface area contributed by atoms with E-state index in [1.54, 1.807) is 10.9 Å². The molecule has 2 aromatic carbocycles. The van der Waals surface area contributed by atoms with E-state index in [4.69, 9.17) is 0 Å². The molecule has 1 saturated heterocycles. The minimum Gasteiger partial charge on any atom is -0.369 e. The van der Waals surface area contributed by atoms with Gasteiger partial charge in [0.25, 0.3) is 0 Å². The van der Waals surface area contributed by atoms with Gasteiger partial charge in [0.05, 0.1) is 12.1 Å². The zero-order valence-corrected chi connectivity index (χ0v) is 16.1. The second kappa shape index (κ2) is 8.41. The molecule has 0 radical (unpaired) electrons. The van der Waals surface area contributed by atoms with Gasteiger partial charge in [-0.3, -0.25) is 4.90 Å². The van der Waals surface area contributed by atoms with Crippen molar-refractivity contribution in [3.8, 4) is 0 Å². The summed E-state index contributed by atoms with van der Waals surface area (Å²) in [4.78, 5) is 6.17. The Morgan fingerprint density at radius 1 is 0.793 bits per heavy atom. The van der Waals surface area contributed by atoms with Gasteiger partial charge >= 0.3 is 6.18 Å². The molecule has 1 fully saturated rings. The van der Waals surface area contributed by atoms with Crippen molar-refractivity contribution in [2.75, 3.05) is 37.6 Å². The molecule has 0 bridgehead atoms. The van der Waals surface area contributed by atoms with Crippen LogP contribution in [-0.2, 0) is 12.7 Å². The van der Waals surface area contributed by atoms with Crippen molar-refractivity contribution in [3.05, 3.63) is 54.1 Å². The van der Waals surface area contributed by atoms with Crippen LogP contribution in [0.3, 0.4) is 0 Å². The molecule has 2 heterocycles. The number of unbranched alkanes of at least 4 members (excludes halogenated alkanes) is 1. The standard InChI is InChI=1S/C21H24F3N5/c22-21(23,24)17-6-5-7-18(16-17)28-14-12-27(13-15-28)10-3-4-11-29-25-19-8-1-2-9-20(19)26-29/h1-2,5-9,16H,3-4,10-15H2. The summed E-state index contributed by atoms with van der Waals surface area (Å²) in [5.41, 5.74) is 1.89. The molecule has 0 aliphatic carbocycles. The summed E-state index contributed by atoms with van der Waals surface area (Å²) in [6.45, 7) is 4.98. The number of nitrogens with zero attached hydrogens (tertiary/aromatic N) is 5. The van der Waals surface area contributed by atoms with Crippen molar-refractivity contribution in [2.24, 2.45) is 0 Å². The molecule has 154 valence electrons. The molecule has 0 atom stereocenters. The van der Waals surface area contributed by atoms with Gasteiger partial charge in [0.1, 0.15) is 11.0 Å². The van der Waals surface area contributed by atoms with Crippen LogP contribution in [0.4, 0.5) is 18.9 Å². The molecular formula is C21H24F3N5. The largest absolute Gasteiger partial charge is 0.416 e. The fraction of sp³-hybridized carbons (Fsp3) is 0.429. The number of anilines is 1. The van der Waals surface area contributed by atoms with Gasteiger partial charge in [0.2, 0.25) is 0 Å². The Morgan fingerprint density at radius 2 is 1.45 bits per heavy atom. The Hall–Kier alpha value is -2.61. The van der Waals surface area contributed by atoms with Crippen molar-refractivity contribution >= 4 is 16.7 Å². The molecule has 1 aliphatic heterocycles. The smallest absolute Gasteiger partial charge is 0.369 e. The van der Waals surface area contributed by atoms with Crippen molar-refractivity contribution in [3.63, 3.8) is 0 Å². The van der Waals surface area contributed by atoms with Gasteiger partial charge in [-0.15, -0.1) is 0 Å². The van der Waals surface area contributed by atoms with Gasteiger partial charge in [-0.1, -0.05) is 18.2 Å². The first-order chi connectivity index (χ1) is 14.0. The van der Waals surface area contributed by atoms with Gasteiger partial charge in [0.15, 0.2) is 0 Å². The van der Waals surface area contributed by atoms with Crippen LogP contribution in [0.15, 0.2) is 48.5 Å². The van der Waals surface area contributed by atoms with Crippen molar-refractivity contribution in [1.82, 2.24) is 19.9 Å². The number of rotatable bonds is 6. The van der Waals surface area contributed by atoms with Crippen LogP contribution >= 0.6 is 0 Å². The summed E-state index contributed by atoms with van der Waals surface area (Å²) in [7, 11) is 0. The van der Waals surface area contributed by atoms with E-state index in [0.717, 1.165) is 69.2 Å². The van der Waals surface area contributed by atoms with Gasteiger partial charge in [-0.25, -0.2) is 0 Å². The van der Waals surface area contributed by atoms with Crippen molar-refractivity contribution in [1.29, 1.82) is 0 Å². The molecular weight excluding hydrogens is 379 g/mol. The first-order valence-corrected chi connectivity index (χ1v) is 9.93. The normalized spacial score (nSPS) is 15.9. The SMILES string of the molecule is FC(F)(F)c1cccc(N2CCN(CCCCn3nc4ccccc4n3)CC2)c1. The van der Waals surface area contributed by atoms with E-state index < -0.39 is 11.7 Å². The van der Waals surface area contributed by atoms with Crippen LogP contribution in [0, 0.1) is 0 Å². The van der Waals surface area contributed by atoms with E-state index in [9.17, 15) is 13.2 Å². The molecule has 1 aliphatic rings. The van der Waals surface area contributed by atoms with Gasteiger partial charge in [-0.2, -0.15) is 28.2 Å². The quantitative estimate of drug-likeness (QED) is 0.582. The van der Waals surface area contributed by atoms with Crippen LogP contribution in [-0.4, -0.2) is 52.6 Å². The summed E-state index contributed by atoms with van der Waals surface area (Å²) >= 11 is 0. The molecule has 8 heteroatoms. The van der Waals surface area contributed by atoms with E-state index in [2.05, 4.69) is 15.1 Å². The summed E-state index contributed by atoms with van der Waals surface area (Å²) < 4.78 is 38.7. The molecule has 0 spiro atoms. The fourth-order valence-electron chi connectivity index (χ4n) is 3.70. The molecule has 0 amide bonds. The number of hydrogen-bond donors (Lipinski definition) is 0. The van der Waals surface area contributed by atoms with E-state index in [0.29, 0.717) is 5.69 Å². The number of halogens is 3. The lowest BCUT2D eigenvalue weighted by Crippen LogP contribution is -2.46. The van der Waals surface area contributed by atoms with Gasteiger partial charge in [0, 0.05) is 31.9 Å². The average Bonchev–Trinajstić information content (AvgIpc) is 3.14. The molecule has 0 saturated carbocycles. The Morgan fingerprint density at radius 3 is 2.10 bits per heavy atom. The maximum absolute atomic E-state index is 12.9. The lowest BCUT2D eigenvalue weighted by molar-refractivity contribution is -0.137. The highest BCUT2D eigenvalue weighted by atomic mass is 19.4. The Balaban J connectivity index is 1.21. The maximum atomic E-state index is 12.9. The van der Waals surface area contributed by atoms with E-state index in [1.165, 1.54) is 12.1 Å². The third-order valence-corrected chi connectivity index (χ3v) is 5.32. The number of piperazine rings is 1.